The third-order valence-corrected chi connectivity index (χ3v) is 6.14. The molecular weight excluding hydrogens is 420 g/mol. The summed E-state index contributed by atoms with van der Waals surface area (Å²) in [4.78, 5) is 18.8. The van der Waals surface area contributed by atoms with Crippen LogP contribution >= 0.6 is 23.4 Å². The number of nitrogens with zero attached hydrogens (tertiary/aromatic N) is 3. The zero-order valence-electron chi connectivity index (χ0n) is 16.4. The number of benzene rings is 2. The minimum Gasteiger partial charge on any atom is -0.477 e. The minimum atomic E-state index is -1.01. The Morgan fingerprint density at radius 3 is 2.60 bits per heavy atom. The molecule has 154 valence electrons. The number of aromatic amines is 1. The van der Waals surface area contributed by atoms with E-state index in [4.69, 9.17) is 11.6 Å². The monoisotopic (exact) mass is 440 g/mol. The van der Waals surface area contributed by atoms with E-state index in [0.717, 1.165) is 41.5 Å². The average Bonchev–Trinajstić information content (AvgIpc) is 3.41. The molecule has 1 fully saturated rings. The van der Waals surface area contributed by atoms with E-state index >= 15 is 0 Å². The molecule has 3 aromatic rings. The van der Waals surface area contributed by atoms with Crippen molar-refractivity contribution < 1.29 is 9.90 Å². The van der Waals surface area contributed by atoms with Gasteiger partial charge in [0.25, 0.3) is 0 Å². The number of aryl methyl sites for hydroxylation is 1. The van der Waals surface area contributed by atoms with Gasteiger partial charge in [-0.2, -0.15) is 0 Å². The molecular formula is C22H21ClN4O2S. The van der Waals surface area contributed by atoms with Crippen molar-refractivity contribution in [2.45, 2.75) is 24.9 Å². The van der Waals surface area contributed by atoms with Crippen molar-refractivity contribution in [1.82, 2.24) is 15.2 Å². The fraction of sp³-hybridized carbons (Fsp3) is 0.227. The molecule has 0 saturated carbocycles. The maximum absolute atomic E-state index is 11.8. The summed E-state index contributed by atoms with van der Waals surface area (Å²) < 4.78 is 0. The first-order valence-electron chi connectivity index (χ1n) is 9.66. The maximum Gasteiger partial charge on any atom is 0.342 e. The first-order valence-corrected chi connectivity index (χ1v) is 10.9. The number of carboxylic acids is 1. The fourth-order valence-corrected chi connectivity index (χ4v) is 4.22. The van der Waals surface area contributed by atoms with Gasteiger partial charge in [0, 0.05) is 29.4 Å². The van der Waals surface area contributed by atoms with Crippen LogP contribution < -0.4 is 4.90 Å². The summed E-state index contributed by atoms with van der Waals surface area (Å²) in [6.45, 7) is 4.15. The Hall–Kier alpha value is -2.77. The molecule has 0 radical (unpaired) electrons. The highest BCUT2D eigenvalue weighted by atomic mass is 35.5. The molecule has 1 saturated heterocycles. The second-order valence-electron chi connectivity index (χ2n) is 7.12. The molecule has 4 rings (SSSR count). The van der Waals surface area contributed by atoms with Crippen LogP contribution in [0.1, 0.15) is 24.0 Å². The lowest BCUT2D eigenvalue weighted by Gasteiger charge is -2.18. The molecule has 2 heterocycles. The molecule has 0 bridgehead atoms. The van der Waals surface area contributed by atoms with Gasteiger partial charge in [0.05, 0.1) is 0 Å². The number of nitrogens with one attached hydrogen (secondary N) is 1. The average molecular weight is 441 g/mol. The molecule has 1 aliphatic rings. The lowest BCUT2D eigenvalue weighted by Crippen LogP contribution is -2.17. The molecule has 0 spiro atoms. The third-order valence-electron chi connectivity index (χ3n) is 5.01. The molecule has 1 aliphatic heterocycles. The molecule has 0 aliphatic carbocycles. The molecule has 1 aromatic heterocycles. The van der Waals surface area contributed by atoms with Gasteiger partial charge in [-0.3, -0.25) is 5.10 Å². The summed E-state index contributed by atoms with van der Waals surface area (Å²) in [5.74, 6) is -0.453. The van der Waals surface area contributed by atoms with Crippen LogP contribution in [0.5, 0.6) is 0 Å². The van der Waals surface area contributed by atoms with Crippen LogP contribution in [0.15, 0.2) is 52.5 Å². The van der Waals surface area contributed by atoms with E-state index < -0.39 is 5.97 Å². The van der Waals surface area contributed by atoms with Gasteiger partial charge < -0.3 is 10.0 Å². The van der Waals surface area contributed by atoms with Crippen molar-refractivity contribution in [2.24, 2.45) is 0 Å². The number of carboxylic acid groups (broad SMARTS) is 1. The quantitative estimate of drug-likeness (QED) is 0.402. The predicted octanol–water partition coefficient (Wildman–Crippen LogP) is 5.25. The van der Waals surface area contributed by atoms with Gasteiger partial charge in [-0.25, -0.2) is 9.78 Å². The number of hydrogen-bond acceptors (Lipinski definition) is 5. The van der Waals surface area contributed by atoms with Crippen LogP contribution in [-0.2, 0) is 4.79 Å². The smallest absolute Gasteiger partial charge is 0.342 e. The Morgan fingerprint density at radius 2 is 1.93 bits per heavy atom. The van der Waals surface area contributed by atoms with Gasteiger partial charge >= 0.3 is 5.97 Å². The molecule has 2 N–H and O–H groups in total. The fourth-order valence-electron chi connectivity index (χ4n) is 3.40. The van der Waals surface area contributed by atoms with E-state index in [1.807, 2.05) is 25.1 Å². The summed E-state index contributed by atoms with van der Waals surface area (Å²) in [5, 5.41) is 17.7. The first kappa shape index (κ1) is 20.5. The second-order valence-corrected chi connectivity index (χ2v) is 8.57. The number of H-pyrrole nitrogens is 1. The van der Waals surface area contributed by atoms with Crippen molar-refractivity contribution in [3.05, 3.63) is 63.5 Å². The van der Waals surface area contributed by atoms with Crippen molar-refractivity contribution in [3.8, 4) is 11.4 Å². The number of thioether (sulfide) groups is 1. The topological polar surface area (TPSA) is 82.1 Å². The van der Waals surface area contributed by atoms with Crippen molar-refractivity contribution in [3.63, 3.8) is 0 Å². The van der Waals surface area contributed by atoms with Crippen molar-refractivity contribution in [1.29, 1.82) is 0 Å². The van der Waals surface area contributed by atoms with Gasteiger partial charge in [0.1, 0.15) is 4.91 Å². The Bertz CT molecular complexity index is 1090. The van der Waals surface area contributed by atoms with Crippen LogP contribution in [0.25, 0.3) is 17.5 Å². The van der Waals surface area contributed by atoms with Gasteiger partial charge in [-0.05, 0) is 85.1 Å². The summed E-state index contributed by atoms with van der Waals surface area (Å²) in [5.41, 5.74) is 3.92. The summed E-state index contributed by atoms with van der Waals surface area (Å²) in [6, 6.07) is 13.3. The van der Waals surface area contributed by atoms with E-state index in [1.54, 1.807) is 18.2 Å². The highest BCUT2D eigenvalue weighted by Gasteiger charge is 2.16. The molecule has 30 heavy (non-hydrogen) atoms. The van der Waals surface area contributed by atoms with Gasteiger partial charge in [0.2, 0.25) is 5.16 Å². The number of aliphatic carboxylic acids is 1. The summed E-state index contributed by atoms with van der Waals surface area (Å²) in [6.07, 6.45) is 4.11. The number of anilines is 1. The van der Waals surface area contributed by atoms with Crippen LogP contribution in [-0.4, -0.2) is 39.3 Å². The van der Waals surface area contributed by atoms with Gasteiger partial charge in [0.15, 0.2) is 5.82 Å². The zero-order chi connectivity index (χ0) is 21.1. The number of rotatable bonds is 6. The molecule has 6 nitrogen and oxygen atoms in total. The van der Waals surface area contributed by atoms with E-state index in [0.29, 0.717) is 16.0 Å². The number of hydrogen-bond donors (Lipinski definition) is 2. The Labute approximate surface area is 184 Å². The van der Waals surface area contributed by atoms with Crippen molar-refractivity contribution in [2.75, 3.05) is 18.0 Å². The zero-order valence-corrected chi connectivity index (χ0v) is 18.0. The van der Waals surface area contributed by atoms with E-state index in [9.17, 15) is 9.90 Å². The van der Waals surface area contributed by atoms with Gasteiger partial charge in [-0.1, -0.05) is 17.7 Å². The predicted molar refractivity (Wildman–Crippen MR) is 121 cm³/mol. The normalized spacial score (nSPS) is 14.3. The molecule has 0 atom stereocenters. The number of carbonyl (C=O) groups is 1. The molecule has 0 amide bonds. The number of aromatic nitrogens is 3. The largest absolute Gasteiger partial charge is 0.477 e. The van der Waals surface area contributed by atoms with Crippen LogP contribution in [0.4, 0.5) is 5.69 Å². The van der Waals surface area contributed by atoms with Crippen LogP contribution in [0.2, 0.25) is 5.02 Å². The lowest BCUT2D eigenvalue weighted by atomic mass is 10.1. The number of halogens is 1. The summed E-state index contributed by atoms with van der Waals surface area (Å²) >= 11 is 6.94. The van der Waals surface area contributed by atoms with Crippen LogP contribution in [0.3, 0.4) is 0 Å². The molecule has 8 heteroatoms. The minimum absolute atomic E-state index is 0.161. The SMILES string of the molecule is Cc1cc(N2CCCC2)ccc1/C=C(/Sc1n[nH]c(-c2ccc(Cl)cc2)n1)C(=O)O. The Morgan fingerprint density at radius 1 is 1.20 bits per heavy atom. The highest BCUT2D eigenvalue weighted by molar-refractivity contribution is 8.04. The standard InChI is InChI=1S/C22H21ClN4O2S/c1-14-12-18(27-10-2-3-11-27)9-6-16(14)13-19(21(28)29)30-22-24-20(25-26-22)15-4-7-17(23)8-5-15/h4-9,12-13H,2-3,10-11H2,1H3,(H,28,29)(H,24,25,26)/b19-13+. The van der Waals surface area contributed by atoms with Crippen molar-refractivity contribution >= 4 is 41.1 Å². The van der Waals surface area contributed by atoms with E-state index in [1.165, 1.54) is 18.5 Å². The van der Waals surface area contributed by atoms with Gasteiger partial charge in [-0.15, -0.1) is 5.10 Å². The highest BCUT2D eigenvalue weighted by Crippen LogP contribution is 2.30. The molecule has 2 aromatic carbocycles. The lowest BCUT2D eigenvalue weighted by molar-refractivity contribution is -0.131. The maximum atomic E-state index is 11.8. The summed E-state index contributed by atoms with van der Waals surface area (Å²) in [7, 11) is 0. The third kappa shape index (κ3) is 4.68. The van der Waals surface area contributed by atoms with E-state index in [-0.39, 0.29) is 4.91 Å². The Kier molecular flexibility index (Phi) is 6.11. The molecule has 0 unspecified atom stereocenters. The van der Waals surface area contributed by atoms with Crippen LogP contribution in [0, 0.1) is 6.92 Å². The first-order chi connectivity index (χ1) is 14.5. The van der Waals surface area contributed by atoms with E-state index in [2.05, 4.69) is 32.2 Å². The Balaban J connectivity index is 1.55. The second kappa shape index (κ2) is 8.93.